The second kappa shape index (κ2) is 5.68. The maximum Gasteiger partial charge on any atom is 0.323 e. The first kappa shape index (κ1) is 13.5. The summed E-state index contributed by atoms with van der Waals surface area (Å²) in [4.78, 5) is 24.1. The molecule has 0 saturated carbocycles. The van der Waals surface area contributed by atoms with Gasteiger partial charge in [0.2, 0.25) is 0 Å². The normalized spacial score (nSPS) is 10.4. The highest BCUT2D eigenvalue weighted by Crippen LogP contribution is 2.18. The summed E-state index contributed by atoms with van der Waals surface area (Å²) in [5.41, 5.74) is 0.323. The van der Waals surface area contributed by atoms with Gasteiger partial charge in [0.05, 0.1) is 10.6 Å². The number of carbonyl (C=O) groups is 2. The van der Waals surface area contributed by atoms with Crippen molar-refractivity contribution in [3.05, 3.63) is 34.9 Å². The summed E-state index contributed by atoms with van der Waals surface area (Å²) in [6.45, 7) is 3.19. The summed E-state index contributed by atoms with van der Waals surface area (Å²) in [6.07, 6.45) is 0. The van der Waals surface area contributed by atoms with Gasteiger partial charge >= 0.3 is 5.97 Å². The van der Waals surface area contributed by atoms with E-state index in [4.69, 9.17) is 16.7 Å². The Kier molecular flexibility index (Phi) is 4.52. The zero-order valence-electron chi connectivity index (χ0n) is 9.68. The molecule has 0 aliphatic rings. The average Bonchev–Trinajstić information content (AvgIpc) is 2.25. The quantitative estimate of drug-likeness (QED) is 0.898. The molecule has 0 heterocycles. The molecule has 0 aliphatic heterocycles. The third-order valence-electron chi connectivity index (χ3n) is 2.29. The monoisotopic (exact) mass is 255 g/mol. The van der Waals surface area contributed by atoms with Crippen molar-refractivity contribution in [2.45, 2.75) is 19.9 Å². The molecule has 0 saturated heterocycles. The van der Waals surface area contributed by atoms with Crippen LogP contribution < -0.4 is 0 Å². The Morgan fingerprint density at radius 3 is 2.41 bits per heavy atom. The van der Waals surface area contributed by atoms with Crippen LogP contribution in [0.3, 0.4) is 0 Å². The molecule has 0 fully saturated rings. The van der Waals surface area contributed by atoms with Crippen LogP contribution in [0.2, 0.25) is 5.02 Å². The van der Waals surface area contributed by atoms with Gasteiger partial charge in [-0.1, -0.05) is 23.7 Å². The van der Waals surface area contributed by atoms with Crippen LogP contribution in [0.5, 0.6) is 0 Å². The van der Waals surface area contributed by atoms with Crippen molar-refractivity contribution in [3.63, 3.8) is 0 Å². The highest BCUT2D eigenvalue weighted by Gasteiger charge is 2.22. The number of amides is 1. The topological polar surface area (TPSA) is 57.6 Å². The van der Waals surface area contributed by atoms with Crippen molar-refractivity contribution in [1.82, 2.24) is 4.90 Å². The van der Waals surface area contributed by atoms with Gasteiger partial charge in [0.1, 0.15) is 6.54 Å². The van der Waals surface area contributed by atoms with E-state index in [1.165, 1.54) is 4.90 Å². The SMILES string of the molecule is CC(C)N(CC(=O)O)C(=O)c1ccccc1Cl. The molecule has 0 aliphatic carbocycles. The van der Waals surface area contributed by atoms with Crippen molar-refractivity contribution in [1.29, 1.82) is 0 Å². The Morgan fingerprint density at radius 2 is 1.94 bits per heavy atom. The van der Waals surface area contributed by atoms with Gasteiger partial charge in [-0.15, -0.1) is 0 Å². The first-order valence-electron chi connectivity index (χ1n) is 5.20. The Morgan fingerprint density at radius 1 is 1.35 bits per heavy atom. The van der Waals surface area contributed by atoms with Gasteiger partial charge < -0.3 is 10.0 Å². The number of carboxylic acids is 1. The zero-order chi connectivity index (χ0) is 13.0. The van der Waals surface area contributed by atoms with Crippen LogP contribution in [0.1, 0.15) is 24.2 Å². The van der Waals surface area contributed by atoms with E-state index in [1.54, 1.807) is 38.1 Å². The lowest BCUT2D eigenvalue weighted by atomic mass is 10.1. The third kappa shape index (κ3) is 3.46. The van der Waals surface area contributed by atoms with Crippen molar-refractivity contribution < 1.29 is 14.7 Å². The first-order valence-corrected chi connectivity index (χ1v) is 5.58. The molecule has 1 N–H and O–H groups in total. The number of nitrogens with zero attached hydrogens (tertiary/aromatic N) is 1. The first-order chi connectivity index (χ1) is 7.93. The molecule has 1 aromatic rings. The number of halogens is 1. The van der Waals surface area contributed by atoms with Gasteiger partial charge in [0, 0.05) is 6.04 Å². The average molecular weight is 256 g/mol. The van der Waals surface area contributed by atoms with E-state index in [0.717, 1.165) is 0 Å². The highest BCUT2D eigenvalue weighted by molar-refractivity contribution is 6.33. The number of carbonyl (C=O) groups excluding carboxylic acids is 1. The third-order valence-corrected chi connectivity index (χ3v) is 2.62. The minimum atomic E-state index is -1.04. The summed E-state index contributed by atoms with van der Waals surface area (Å²) in [5, 5.41) is 9.10. The lowest BCUT2D eigenvalue weighted by Crippen LogP contribution is -2.40. The molecule has 92 valence electrons. The lowest BCUT2D eigenvalue weighted by Gasteiger charge is -2.25. The second-order valence-corrected chi connectivity index (χ2v) is 4.31. The summed E-state index contributed by atoms with van der Waals surface area (Å²) >= 11 is 5.91. The van der Waals surface area contributed by atoms with Crippen LogP contribution in [0, 0.1) is 0 Å². The fourth-order valence-corrected chi connectivity index (χ4v) is 1.64. The minimum absolute atomic E-state index is 0.199. The van der Waals surface area contributed by atoms with Gasteiger partial charge in [-0.2, -0.15) is 0 Å². The van der Waals surface area contributed by atoms with Crippen molar-refractivity contribution >= 4 is 23.5 Å². The van der Waals surface area contributed by atoms with Crippen LogP contribution in [0.4, 0.5) is 0 Å². The Labute approximate surface area is 105 Å². The molecule has 1 aromatic carbocycles. The molecule has 1 rings (SSSR count). The number of rotatable bonds is 4. The van der Waals surface area contributed by atoms with Gasteiger partial charge in [-0.25, -0.2) is 0 Å². The Balaban J connectivity index is 3.00. The summed E-state index contributed by atoms with van der Waals surface area (Å²) in [7, 11) is 0. The van der Waals surface area contributed by atoms with Crippen molar-refractivity contribution in [2.24, 2.45) is 0 Å². The summed E-state index contributed by atoms with van der Waals surface area (Å²) in [6, 6.07) is 6.40. The molecule has 0 atom stereocenters. The van der Waals surface area contributed by atoms with Gasteiger partial charge in [-0.3, -0.25) is 9.59 Å². The van der Waals surface area contributed by atoms with E-state index in [-0.39, 0.29) is 18.5 Å². The molecular weight excluding hydrogens is 242 g/mol. The minimum Gasteiger partial charge on any atom is -0.480 e. The van der Waals surface area contributed by atoms with Crippen LogP contribution >= 0.6 is 11.6 Å². The Bertz CT molecular complexity index is 432. The second-order valence-electron chi connectivity index (χ2n) is 3.90. The molecule has 17 heavy (non-hydrogen) atoms. The molecular formula is C12H14ClNO3. The summed E-state index contributed by atoms with van der Waals surface area (Å²) < 4.78 is 0. The molecule has 0 radical (unpaired) electrons. The smallest absolute Gasteiger partial charge is 0.323 e. The van der Waals surface area contributed by atoms with E-state index in [9.17, 15) is 9.59 Å². The number of carboxylic acid groups (broad SMARTS) is 1. The van der Waals surface area contributed by atoms with Crippen LogP contribution in [-0.4, -0.2) is 34.5 Å². The van der Waals surface area contributed by atoms with Gasteiger partial charge in [-0.05, 0) is 26.0 Å². The predicted octanol–water partition coefficient (Wildman–Crippen LogP) is 2.28. The van der Waals surface area contributed by atoms with E-state index in [1.807, 2.05) is 0 Å². The molecule has 0 unspecified atom stereocenters. The highest BCUT2D eigenvalue weighted by atomic mass is 35.5. The fourth-order valence-electron chi connectivity index (χ4n) is 1.42. The van der Waals surface area contributed by atoms with Gasteiger partial charge in [0.15, 0.2) is 0 Å². The molecule has 4 nitrogen and oxygen atoms in total. The molecule has 5 heteroatoms. The van der Waals surface area contributed by atoms with Crippen molar-refractivity contribution in [3.8, 4) is 0 Å². The van der Waals surface area contributed by atoms with Crippen LogP contribution in [0.15, 0.2) is 24.3 Å². The Hall–Kier alpha value is -1.55. The van der Waals surface area contributed by atoms with E-state index >= 15 is 0 Å². The molecule has 0 spiro atoms. The summed E-state index contributed by atoms with van der Waals surface area (Å²) in [5.74, 6) is -1.41. The lowest BCUT2D eigenvalue weighted by molar-refractivity contribution is -0.138. The van der Waals surface area contributed by atoms with Crippen molar-refractivity contribution in [2.75, 3.05) is 6.54 Å². The predicted molar refractivity (Wildman–Crippen MR) is 65.3 cm³/mol. The standard InChI is InChI=1S/C12H14ClNO3/c1-8(2)14(7-11(15)16)12(17)9-5-3-4-6-10(9)13/h3-6,8H,7H2,1-2H3,(H,15,16). The number of benzene rings is 1. The fraction of sp³-hybridized carbons (Fsp3) is 0.333. The number of aliphatic carboxylic acids is 1. The van der Waals surface area contributed by atoms with E-state index in [0.29, 0.717) is 10.6 Å². The number of hydrogen-bond acceptors (Lipinski definition) is 2. The largest absolute Gasteiger partial charge is 0.480 e. The maximum absolute atomic E-state index is 12.1. The van der Waals surface area contributed by atoms with Gasteiger partial charge in [0.25, 0.3) is 5.91 Å². The molecule has 0 aromatic heterocycles. The number of hydrogen-bond donors (Lipinski definition) is 1. The zero-order valence-corrected chi connectivity index (χ0v) is 10.4. The van der Waals surface area contributed by atoms with E-state index in [2.05, 4.69) is 0 Å². The molecule has 0 bridgehead atoms. The molecule has 1 amide bonds. The van der Waals surface area contributed by atoms with Crippen LogP contribution in [0.25, 0.3) is 0 Å². The van der Waals surface area contributed by atoms with E-state index < -0.39 is 5.97 Å². The maximum atomic E-state index is 12.1. The van der Waals surface area contributed by atoms with Crippen LogP contribution in [-0.2, 0) is 4.79 Å².